The number of halogens is 1. The number of likely N-dealkylation sites (N-methyl/N-ethyl adjacent to an activating group) is 1. The van der Waals surface area contributed by atoms with Crippen LogP contribution in [-0.4, -0.2) is 106 Å². The fourth-order valence-corrected chi connectivity index (χ4v) is 8.91. The molecule has 0 atom stereocenters. The quantitative estimate of drug-likeness (QED) is 0.174. The van der Waals surface area contributed by atoms with Crippen LogP contribution in [0.4, 0.5) is 27.9 Å². The molecule has 2 saturated heterocycles. The number of para-hydroxylation sites is 1. The first-order valence-corrected chi connectivity index (χ1v) is 21.2. The fraction of sp³-hybridized carbons (Fsp3) is 0.514. The first-order valence-electron chi connectivity index (χ1n) is 17.9. The molecular weight excluding hydrogens is 738 g/mol. The Balaban J connectivity index is 1.25. The number of rotatable bonds is 12. The molecule has 282 valence electrons. The van der Waals surface area contributed by atoms with Gasteiger partial charge >= 0.3 is 0 Å². The molecule has 0 aliphatic carbocycles. The van der Waals surface area contributed by atoms with Crippen molar-refractivity contribution in [2.45, 2.75) is 76.6 Å². The highest BCUT2D eigenvalue weighted by atomic mass is 35.5. The van der Waals surface area contributed by atoms with Crippen molar-refractivity contribution < 1.29 is 17.9 Å². The number of hydrogen-bond donors (Lipinski definition) is 2. The number of hydrogen-bond acceptors (Lipinski definition) is 11. The average molecular weight is 789 g/mol. The Morgan fingerprint density at radius 1 is 1.02 bits per heavy atom. The molecule has 3 heterocycles. The van der Waals surface area contributed by atoms with E-state index >= 15 is 0 Å². The molecule has 0 bridgehead atoms. The van der Waals surface area contributed by atoms with Gasteiger partial charge in [0.15, 0.2) is 15.7 Å². The standard InChI is InChI=1S/C37H50ClN7O4S3/c1-7-43-16-18-44(19-17-43)34(50)23-51-37(46)45-14-12-27(13-15-45)28-21-32(49-24(2)3)31(20-26(28)6)41-36-39-22-29(38)35(42-36)40-30-10-8-9-11-33(30)52(47,48)25(4)5/h8-11,20-22,24-25,27H,7,12-19,23H2,1-6H3,(H2,39,40,41,42). The molecule has 2 aromatic carbocycles. The maximum atomic E-state index is 13.1. The van der Waals surface area contributed by atoms with E-state index in [0.29, 0.717) is 36.0 Å². The number of aromatic nitrogens is 2. The van der Waals surface area contributed by atoms with Crippen molar-refractivity contribution in [2.75, 3.05) is 62.2 Å². The molecule has 1 amide bonds. The predicted octanol–water partition coefficient (Wildman–Crippen LogP) is 7.89. The summed E-state index contributed by atoms with van der Waals surface area (Å²) in [4.78, 5) is 29.8. The number of thiocarbonyl (C=S) groups is 1. The molecule has 0 saturated carbocycles. The Hall–Kier alpha value is -3.17. The molecule has 5 rings (SSSR count). The second-order valence-corrected chi connectivity index (χ2v) is 18.0. The molecule has 0 unspecified atom stereocenters. The van der Waals surface area contributed by atoms with Crippen LogP contribution in [0, 0.1) is 6.92 Å². The summed E-state index contributed by atoms with van der Waals surface area (Å²) in [5.74, 6) is 2.02. The smallest absolute Gasteiger partial charge is 0.282 e. The lowest BCUT2D eigenvalue weighted by atomic mass is 9.86. The Bertz CT molecular complexity index is 1840. The van der Waals surface area contributed by atoms with E-state index < -0.39 is 15.1 Å². The van der Waals surface area contributed by atoms with Crippen LogP contribution in [0.3, 0.4) is 0 Å². The van der Waals surface area contributed by atoms with Gasteiger partial charge in [0.25, 0.3) is 5.24 Å². The summed E-state index contributed by atoms with van der Waals surface area (Å²) in [6.07, 6.45) is 3.09. The van der Waals surface area contributed by atoms with Crippen molar-refractivity contribution in [2.24, 2.45) is 0 Å². The maximum Gasteiger partial charge on any atom is 0.282 e. The molecule has 2 fully saturated rings. The van der Waals surface area contributed by atoms with Gasteiger partial charge in [-0.25, -0.2) is 13.4 Å². The molecule has 2 N–H and O–H groups in total. The van der Waals surface area contributed by atoms with E-state index in [4.69, 9.17) is 28.6 Å². The number of benzene rings is 2. The Labute approximate surface area is 323 Å². The summed E-state index contributed by atoms with van der Waals surface area (Å²) < 4.78 is 32.4. The molecule has 0 spiro atoms. The highest BCUT2D eigenvalue weighted by molar-refractivity contribution is 8.14. The Kier molecular flexibility index (Phi) is 13.7. The van der Waals surface area contributed by atoms with Crippen LogP contribution in [0.2, 0.25) is 5.02 Å². The number of ether oxygens (including phenoxy) is 1. The zero-order valence-corrected chi connectivity index (χ0v) is 34.0. The first-order chi connectivity index (χ1) is 24.8. The van der Waals surface area contributed by atoms with Crippen molar-refractivity contribution in [1.29, 1.82) is 0 Å². The number of nitrogens with one attached hydrogen (secondary N) is 2. The minimum Gasteiger partial charge on any atom is -0.489 e. The summed E-state index contributed by atoms with van der Waals surface area (Å²) >= 11 is 13.5. The SMILES string of the molecule is CCN1CCN(C(=S)CSC(=O)N2CCC(c3cc(OC(C)C)c(Nc4ncc(Cl)c(Nc5ccccc5S(=O)(=O)C(C)C)n4)cc3C)CC2)CC1. The lowest BCUT2D eigenvalue weighted by Crippen LogP contribution is -2.48. The van der Waals surface area contributed by atoms with Crippen LogP contribution in [0.1, 0.15) is 64.5 Å². The number of nitrogens with zero attached hydrogens (tertiary/aromatic N) is 5. The van der Waals surface area contributed by atoms with Gasteiger partial charge in [0, 0.05) is 39.3 Å². The van der Waals surface area contributed by atoms with Gasteiger partial charge in [-0.3, -0.25) is 4.79 Å². The monoisotopic (exact) mass is 787 g/mol. The van der Waals surface area contributed by atoms with E-state index in [2.05, 4.69) is 50.3 Å². The van der Waals surface area contributed by atoms with E-state index in [9.17, 15) is 13.2 Å². The van der Waals surface area contributed by atoms with Gasteiger partial charge in [0.2, 0.25) is 5.95 Å². The zero-order chi connectivity index (χ0) is 37.6. The predicted molar refractivity (Wildman–Crippen MR) is 217 cm³/mol. The second kappa shape index (κ2) is 17.8. The molecule has 52 heavy (non-hydrogen) atoms. The largest absolute Gasteiger partial charge is 0.489 e. The van der Waals surface area contributed by atoms with Crippen LogP contribution in [0.25, 0.3) is 0 Å². The molecule has 15 heteroatoms. The van der Waals surface area contributed by atoms with Gasteiger partial charge in [-0.2, -0.15) is 4.98 Å². The summed E-state index contributed by atoms with van der Waals surface area (Å²) in [6, 6.07) is 10.8. The second-order valence-electron chi connectivity index (χ2n) is 13.7. The Morgan fingerprint density at radius 2 is 1.71 bits per heavy atom. The molecule has 0 radical (unpaired) electrons. The lowest BCUT2D eigenvalue weighted by Gasteiger charge is -2.36. The van der Waals surface area contributed by atoms with E-state index in [0.717, 1.165) is 56.1 Å². The molecule has 2 aliphatic heterocycles. The third kappa shape index (κ3) is 9.87. The van der Waals surface area contributed by atoms with Crippen molar-refractivity contribution in [3.8, 4) is 5.75 Å². The van der Waals surface area contributed by atoms with Crippen LogP contribution < -0.4 is 15.4 Å². The third-order valence-electron chi connectivity index (χ3n) is 9.47. The number of thioether (sulfide) groups is 1. The summed E-state index contributed by atoms with van der Waals surface area (Å²) in [5.41, 5.74) is 3.35. The van der Waals surface area contributed by atoms with Gasteiger partial charge in [-0.05, 0) is 95.3 Å². The fourth-order valence-electron chi connectivity index (χ4n) is 6.42. The van der Waals surface area contributed by atoms with Gasteiger partial charge in [-0.15, -0.1) is 0 Å². The van der Waals surface area contributed by atoms with Crippen LogP contribution in [0.15, 0.2) is 47.5 Å². The number of piperazine rings is 1. The highest BCUT2D eigenvalue weighted by Crippen LogP contribution is 2.39. The molecule has 2 aliphatic rings. The molecule has 1 aromatic heterocycles. The summed E-state index contributed by atoms with van der Waals surface area (Å²) in [6.45, 7) is 17.8. The summed E-state index contributed by atoms with van der Waals surface area (Å²) in [7, 11) is -3.56. The number of anilines is 4. The van der Waals surface area contributed by atoms with E-state index in [1.165, 1.54) is 23.5 Å². The van der Waals surface area contributed by atoms with E-state index in [-0.39, 0.29) is 38.9 Å². The molecular formula is C37H50ClN7O4S3. The lowest BCUT2D eigenvalue weighted by molar-refractivity contribution is 0.191. The Morgan fingerprint density at radius 3 is 2.37 bits per heavy atom. The van der Waals surface area contributed by atoms with Crippen LogP contribution in [-0.2, 0) is 9.84 Å². The minimum atomic E-state index is -3.56. The topological polar surface area (TPSA) is 120 Å². The van der Waals surface area contributed by atoms with Gasteiger partial charge in [0.05, 0.1) is 44.6 Å². The van der Waals surface area contributed by atoms with Crippen molar-refractivity contribution in [3.63, 3.8) is 0 Å². The number of aryl methyl sites for hydroxylation is 1. The van der Waals surface area contributed by atoms with Crippen LogP contribution >= 0.6 is 35.6 Å². The number of amides is 1. The van der Waals surface area contributed by atoms with Gasteiger partial charge in [-0.1, -0.05) is 54.6 Å². The summed E-state index contributed by atoms with van der Waals surface area (Å²) in [5, 5.41) is 6.15. The number of piperidine rings is 1. The van der Waals surface area contributed by atoms with E-state index in [1.807, 2.05) is 24.8 Å². The van der Waals surface area contributed by atoms with Crippen molar-refractivity contribution in [1.82, 2.24) is 24.7 Å². The normalized spacial score (nSPS) is 16.0. The molecule has 3 aromatic rings. The third-order valence-corrected chi connectivity index (χ3v) is 13.5. The average Bonchev–Trinajstić information content (AvgIpc) is 3.13. The van der Waals surface area contributed by atoms with E-state index in [1.54, 1.807) is 38.1 Å². The molecule has 11 nitrogen and oxygen atoms in total. The zero-order valence-electron chi connectivity index (χ0n) is 30.8. The minimum absolute atomic E-state index is 0.0861. The number of carbonyl (C=O) groups excluding carboxylic acids is 1. The van der Waals surface area contributed by atoms with Gasteiger partial charge < -0.3 is 30.1 Å². The number of sulfone groups is 1. The van der Waals surface area contributed by atoms with Crippen LogP contribution in [0.5, 0.6) is 5.75 Å². The first kappa shape index (κ1) is 40.0. The highest BCUT2D eigenvalue weighted by Gasteiger charge is 2.28. The van der Waals surface area contributed by atoms with Gasteiger partial charge in [0.1, 0.15) is 10.8 Å². The van der Waals surface area contributed by atoms with Crippen molar-refractivity contribution >= 4 is 78.8 Å². The number of likely N-dealkylation sites (tertiary alicyclic amines) is 1. The maximum absolute atomic E-state index is 13.1. The van der Waals surface area contributed by atoms with Crippen molar-refractivity contribution in [3.05, 3.63) is 58.7 Å². The number of carbonyl (C=O) groups is 1.